The summed E-state index contributed by atoms with van der Waals surface area (Å²) in [7, 11) is 0. The lowest BCUT2D eigenvalue weighted by molar-refractivity contribution is 0.557. The summed E-state index contributed by atoms with van der Waals surface area (Å²) in [4.78, 5) is 5.67. The summed E-state index contributed by atoms with van der Waals surface area (Å²) < 4.78 is 9.54. The molecule has 3 aromatic heterocycles. The van der Waals surface area contributed by atoms with Crippen molar-refractivity contribution < 1.29 is 0 Å². The number of unbranched alkanes of at least 4 members (excludes halogenated alkanes) is 18. The van der Waals surface area contributed by atoms with Gasteiger partial charge in [0.1, 0.15) is 11.0 Å². The molecule has 5 heteroatoms. The van der Waals surface area contributed by atoms with E-state index in [1.807, 2.05) is 22.7 Å². The van der Waals surface area contributed by atoms with E-state index < -0.39 is 0 Å². The van der Waals surface area contributed by atoms with E-state index in [0.717, 1.165) is 11.0 Å². The highest BCUT2D eigenvalue weighted by molar-refractivity contribution is 7.16. The lowest BCUT2D eigenvalue weighted by Crippen LogP contribution is -1.84. The zero-order valence-electron chi connectivity index (χ0n) is 27.1. The summed E-state index contributed by atoms with van der Waals surface area (Å²) in [5.74, 6) is 0. The molecule has 0 aliphatic carbocycles. The summed E-state index contributed by atoms with van der Waals surface area (Å²) >= 11 is 5.25. The molecule has 0 fully saturated rings. The summed E-state index contributed by atoms with van der Waals surface area (Å²) in [6, 6.07) is 13.9. The molecule has 4 rings (SSSR count). The van der Waals surface area contributed by atoms with Crippen molar-refractivity contribution in [3.8, 4) is 20.9 Å². The van der Waals surface area contributed by atoms with Crippen LogP contribution in [-0.4, -0.2) is 8.75 Å². The van der Waals surface area contributed by atoms with Crippen LogP contribution >= 0.6 is 34.4 Å². The van der Waals surface area contributed by atoms with E-state index >= 15 is 0 Å². The number of fused-ring (bicyclic) bond motifs is 1. The quantitative estimate of drug-likeness (QED) is 0.0715. The second-order valence-electron chi connectivity index (χ2n) is 12.5. The molecule has 0 unspecified atom stereocenters. The van der Waals surface area contributed by atoms with Crippen LogP contribution in [0.1, 0.15) is 152 Å². The maximum absolute atomic E-state index is 4.77. The summed E-state index contributed by atoms with van der Waals surface area (Å²) in [6.45, 7) is 4.59. The van der Waals surface area contributed by atoms with Crippen molar-refractivity contribution in [3.63, 3.8) is 0 Å². The minimum atomic E-state index is 1.07. The van der Waals surface area contributed by atoms with Gasteiger partial charge in [-0.3, -0.25) is 0 Å². The molecule has 0 saturated heterocycles. The van der Waals surface area contributed by atoms with Crippen LogP contribution in [0.5, 0.6) is 0 Å². The minimum absolute atomic E-state index is 1.07. The second kappa shape index (κ2) is 20.5. The van der Waals surface area contributed by atoms with Crippen LogP contribution in [0.25, 0.3) is 31.9 Å². The average Bonchev–Trinajstić information content (AvgIpc) is 3.80. The highest BCUT2D eigenvalue weighted by atomic mass is 32.1. The maximum atomic E-state index is 4.77. The molecule has 3 heterocycles. The van der Waals surface area contributed by atoms with E-state index in [1.165, 1.54) is 184 Å². The van der Waals surface area contributed by atoms with Gasteiger partial charge in [-0.15, -0.1) is 22.7 Å². The zero-order valence-corrected chi connectivity index (χ0v) is 29.6. The first-order valence-electron chi connectivity index (χ1n) is 17.7. The molecule has 0 radical (unpaired) electrons. The van der Waals surface area contributed by atoms with Crippen molar-refractivity contribution in [1.82, 2.24) is 8.75 Å². The van der Waals surface area contributed by atoms with Gasteiger partial charge in [-0.25, -0.2) is 0 Å². The van der Waals surface area contributed by atoms with Crippen molar-refractivity contribution in [2.24, 2.45) is 0 Å². The Morgan fingerprint density at radius 3 is 1.14 bits per heavy atom. The van der Waals surface area contributed by atoms with Crippen LogP contribution < -0.4 is 0 Å². The fraction of sp³-hybridized carbons (Fsp3) is 0.632. The van der Waals surface area contributed by atoms with E-state index in [1.54, 1.807) is 0 Å². The van der Waals surface area contributed by atoms with E-state index in [-0.39, 0.29) is 0 Å². The largest absolute Gasteiger partial charge is 0.172 e. The third-order valence-corrected chi connectivity index (χ3v) is 11.7. The van der Waals surface area contributed by atoms with Gasteiger partial charge in [0.2, 0.25) is 0 Å². The van der Waals surface area contributed by atoms with E-state index in [2.05, 4.69) is 50.2 Å². The Hall–Kier alpha value is -1.56. The Labute approximate surface area is 275 Å². The Morgan fingerprint density at radius 2 is 0.767 bits per heavy atom. The molecule has 236 valence electrons. The van der Waals surface area contributed by atoms with Crippen molar-refractivity contribution in [3.05, 3.63) is 46.2 Å². The van der Waals surface area contributed by atoms with Crippen LogP contribution in [0, 0.1) is 0 Å². The molecule has 0 spiro atoms. The lowest BCUT2D eigenvalue weighted by atomic mass is 10.1. The standard InChI is InChI=1S/C38H56N2S3/c1-3-5-7-9-11-13-15-17-19-21-23-31-25-29-35(41-31)33-27-28-34(38-37(33)39-43-40-38)36-30-26-32(42-36)24-22-20-18-16-14-12-10-8-6-4-2/h25-30H,3-24H2,1-2H3. The molecular formula is C38H56N2S3. The van der Waals surface area contributed by atoms with Crippen molar-refractivity contribution in [1.29, 1.82) is 0 Å². The fourth-order valence-electron chi connectivity index (χ4n) is 6.15. The molecule has 1 aromatic carbocycles. The fourth-order valence-corrected chi connectivity index (χ4v) is 8.88. The molecule has 0 aliphatic heterocycles. The van der Waals surface area contributed by atoms with Crippen molar-refractivity contribution in [2.75, 3.05) is 0 Å². The smallest absolute Gasteiger partial charge is 0.114 e. The van der Waals surface area contributed by atoms with Crippen molar-refractivity contribution in [2.45, 2.75) is 155 Å². The van der Waals surface area contributed by atoms with Crippen LogP contribution in [0.4, 0.5) is 0 Å². The summed E-state index contributed by atoms with van der Waals surface area (Å²) in [5.41, 5.74) is 4.63. The number of aromatic nitrogens is 2. The van der Waals surface area contributed by atoms with E-state index in [4.69, 9.17) is 8.75 Å². The number of benzene rings is 1. The molecular weight excluding hydrogens is 581 g/mol. The molecule has 43 heavy (non-hydrogen) atoms. The Kier molecular flexibility index (Phi) is 16.3. The summed E-state index contributed by atoms with van der Waals surface area (Å²) in [6.07, 6.45) is 30.3. The van der Waals surface area contributed by atoms with Gasteiger partial charge in [-0.2, -0.15) is 8.75 Å². The third-order valence-electron chi connectivity index (χ3n) is 8.82. The highest BCUT2D eigenvalue weighted by Gasteiger charge is 2.16. The molecule has 0 N–H and O–H groups in total. The predicted molar refractivity (Wildman–Crippen MR) is 195 cm³/mol. The van der Waals surface area contributed by atoms with Gasteiger partial charge in [0, 0.05) is 30.6 Å². The average molecular weight is 637 g/mol. The first-order valence-corrected chi connectivity index (χ1v) is 20.1. The van der Waals surface area contributed by atoms with Gasteiger partial charge in [0.05, 0.1) is 11.7 Å². The number of aryl methyl sites for hydroxylation is 2. The molecule has 2 nitrogen and oxygen atoms in total. The minimum Gasteiger partial charge on any atom is -0.172 e. The Morgan fingerprint density at radius 1 is 0.419 bits per heavy atom. The molecule has 0 saturated carbocycles. The molecule has 0 amide bonds. The number of hydrogen-bond donors (Lipinski definition) is 0. The van der Waals surface area contributed by atoms with Gasteiger partial charge in [0.15, 0.2) is 0 Å². The first-order chi connectivity index (χ1) is 21.3. The summed E-state index contributed by atoms with van der Waals surface area (Å²) in [5, 5.41) is 0. The Bertz CT molecular complexity index is 1190. The van der Waals surface area contributed by atoms with Crippen LogP contribution in [0.15, 0.2) is 36.4 Å². The van der Waals surface area contributed by atoms with E-state index in [9.17, 15) is 0 Å². The normalized spacial score (nSPS) is 11.7. The van der Waals surface area contributed by atoms with Gasteiger partial charge >= 0.3 is 0 Å². The Balaban J connectivity index is 1.21. The SMILES string of the molecule is CCCCCCCCCCCCc1ccc(-c2ccc(-c3ccc(CCCCCCCCCCCC)s3)c3nsnc23)s1. The van der Waals surface area contributed by atoms with Crippen LogP contribution in [0.3, 0.4) is 0 Å². The number of rotatable bonds is 24. The van der Waals surface area contributed by atoms with Gasteiger partial charge in [-0.05, 0) is 49.9 Å². The number of hydrogen-bond acceptors (Lipinski definition) is 5. The van der Waals surface area contributed by atoms with Gasteiger partial charge in [0.25, 0.3) is 0 Å². The molecule has 0 bridgehead atoms. The molecule has 0 aliphatic rings. The topological polar surface area (TPSA) is 25.8 Å². The monoisotopic (exact) mass is 636 g/mol. The van der Waals surface area contributed by atoms with E-state index in [0.29, 0.717) is 0 Å². The molecule has 4 aromatic rings. The first kappa shape index (κ1) is 34.3. The second-order valence-corrected chi connectivity index (χ2v) is 15.4. The maximum Gasteiger partial charge on any atom is 0.114 e. The van der Waals surface area contributed by atoms with Crippen LogP contribution in [-0.2, 0) is 12.8 Å². The number of nitrogens with zero attached hydrogens (tertiary/aromatic N) is 2. The lowest BCUT2D eigenvalue weighted by Gasteiger charge is -2.04. The van der Waals surface area contributed by atoms with Gasteiger partial charge in [-0.1, -0.05) is 142 Å². The number of thiophene rings is 2. The van der Waals surface area contributed by atoms with Gasteiger partial charge < -0.3 is 0 Å². The third kappa shape index (κ3) is 11.7. The molecule has 0 atom stereocenters. The predicted octanol–water partition coefficient (Wildman–Crippen LogP) is 14.1. The van der Waals surface area contributed by atoms with Crippen LogP contribution in [0.2, 0.25) is 0 Å². The highest BCUT2D eigenvalue weighted by Crippen LogP contribution is 2.39. The zero-order chi connectivity index (χ0) is 30.0. The van der Waals surface area contributed by atoms with Crippen molar-refractivity contribution >= 4 is 45.4 Å².